The summed E-state index contributed by atoms with van der Waals surface area (Å²) >= 11 is 0. The molecule has 0 radical (unpaired) electrons. The van der Waals surface area contributed by atoms with Gasteiger partial charge in [-0.1, -0.05) is 18.9 Å². The van der Waals surface area contributed by atoms with Gasteiger partial charge in [0.2, 0.25) is 0 Å². The number of ether oxygens (including phenoxy) is 1. The number of nitrogens with one attached hydrogen (secondary N) is 1. The molecule has 0 heterocycles. The fourth-order valence-corrected chi connectivity index (χ4v) is 4.10. The average molecular weight is 245 g/mol. The molecule has 1 aromatic carbocycles. The maximum Gasteiger partial charge on any atom is 0.119 e. The van der Waals surface area contributed by atoms with E-state index in [1.165, 1.54) is 49.7 Å². The van der Waals surface area contributed by atoms with Crippen LogP contribution in [0.3, 0.4) is 0 Å². The topological polar surface area (TPSA) is 21.3 Å². The Balaban J connectivity index is 2.10. The zero-order valence-corrected chi connectivity index (χ0v) is 11.5. The van der Waals surface area contributed by atoms with Crippen molar-refractivity contribution in [1.82, 2.24) is 5.32 Å². The maximum absolute atomic E-state index is 5.42. The van der Waals surface area contributed by atoms with E-state index in [2.05, 4.69) is 30.6 Å². The molecule has 0 aliphatic heterocycles. The highest BCUT2D eigenvalue weighted by Crippen LogP contribution is 2.48. The Morgan fingerprint density at radius 1 is 1.28 bits per heavy atom. The number of aryl methyl sites for hydroxylation is 1. The van der Waals surface area contributed by atoms with E-state index < -0.39 is 0 Å². The number of hydrogen-bond donors (Lipinski definition) is 1. The van der Waals surface area contributed by atoms with Gasteiger partial charge in [-0.15, -0.1) is 0 Å². The zero-order valence-electron chi connectivity index (χ0n) is 11.5. The minimum atomic E-state index is 0.209. The Bertz CT molecular complexity index is 443. The quantitative estimate of drug-likeness (QED) is 0.863. The standard InChI is InChI=1S/C16H23NO/c1-17-16-10-4-3-5-13(16)8-6-12-7-9-14(18-2)11-15(12)16/h7,9,11,13,17H,3-6,8,10H2,1-2H3/t13-,16+/m0/s1. The smallest absolute Gasteiger partial charge is 0.119 e. The van der Waals surface area contributed by atoms with Crippen molar-refractivity contribution in [2.45, 2.75) is 44.1 Å². The van der Waals surface area contributed by atoms with Crippen molar-refractivity contribution < 1.29 is 4.74 Å². The van der Waals surface area contributed by atoms with Crippen LogP contribution in [0.4, 0.5) is 0 Å². The first kappa shape index (κ1) is 12.0. The Labute approximate surface area is 110 Å². The van der Waals surface area contributed by atoms with Gasteiger partial charge < -0.3 is 10.1 Å². The summed E-state index contributed by atoms with van der Waals surface area (Å²) in [6.45, 7) is 0. The van der Waals surface area contributed by atoms with Crippen LogP contribution in [0.1, 0.15) is 43.2 Å². The molecular formula is C16H23NO. The molecule has 0 amide bonds. The van der Waals surface area contributed by atoms with Gasteiger partial charge in [-0.2, -0.15) is 0 Å². The van der Waals surface area contributed by atoms with Crippen molar-refractivity contribution in [3.8, 4) is 5.75 Å². The Morgan fingerprint density at radius 2 is 2.17 bits per heavy atom. The first-order valence-electron chi connectivity index (χ1n) is 7.16. The number of benzene rings is 1. The molecule has 2 aliphatic carbocycles. The molecule has 2 aliphatic rings. The molecule has 2 atom stereocenters. The lowest BCUT2D eigenvalue weighted by molar-refractivity contribution is 0.129. The summed E-state index contributed by atoms with van der Waals surface area (Å²) in [5.41, 5.74) is 3.23. The van der Waals surface area contributed by atoms with Crippen LogP contribution in [-0.4, -0.2) is 14.2 Å². The van der Waals surface area contributed by atoms with E-state index in [1.54, 1.807) is 7.11 Å². The van der Waals surface area contributed by atoms with Crippen LogP contribution in [-0.2, 0) is 12.0 Å². The third-order valence-electron chi connectivity index (χ3n) is 5.08. The fourth-order valence-electron chi connectivity index (χ4n) is 4.10. The number of fused-ring (bicyclic) bond motifs is 3. The van der Waals surface area contributed by atoms with Gasteiger partial charge in [0.15, 0.2) is 0 Å². The molecular weight excluding hydrogens is 222 g/mol. The predicted octanol–water partition coefficient (Wildman–Crippen LogP) is 3.25. The molecule has 1 aromatic rings. The third kappa shape index (κ3) is 1.66. The normalized spacial score (nSPS) is 30.4. The van der Waals surface area contributed by atoms with Crippen LogP contribution in [0.5, 0.6) is 5.75 Å². The summed E-state index contributed by atoms with van der Waals surface area (Å²) in [5.74, 6) is 1.80. The van der Waals surface area contributed by atoms with Gasteiger partial charge in [-0.3, -0.25) is 0 Å². The lowest BCUT2D eigenvalue weighted by atomic mass is 9.62. The molecule has 0 spiro atoms. The SMILES string of the molecule is CN[C@]12CCCC[C@H]1CCc1ccc(OC)cc12. The van der Waals surface area contributed by atoms with Gasteiger partial charge in [0.25, 0.3) is 0 Å². The summed E-state index contributed by atoms with van der Waals surface area (Å²) in [6, 6.07) is 6.63. The summed E-state index contributed by atoms with van der Waals surface area (Å²) < 4.78 is 5.42. The molecule has 2 nitrogen and oxygen atoms in total. The molecule has 3 rings (SSSR count). The van der Waals surface area contributed by atoms with E-state index in [9.17, 15) is 0 Å². The van der Waals surface area contributed by atoms with Crippen LogP contribution in [0.25, 0.3) is 0 Å². The second-order valence-electron chi connectivity index (χ2n) is 5.73. The van der Waals surface area contributed by atoms with E-state index in [0.29, 0.717) is 0 Å². The molecule has 0 aromatic heterocycles. The van der Waals surface area contributed by atoms with Gasteiger partial charge in [0.05, 0.1) is 7.11 Å². The Hall–Kier alpha value is -1.02. The lowest BCUT2D eigenvalue weighted by Gasteiger charge is -2.48. The lowest BCUT2D eigenvalue weighted by Crippen LogP contribution is -2.51. The predicted molar refractivity (Wildman–Crippen MR) is 74.0 cm³/mol. The first-order valence-corrected chi connectivity index (χ1v) is 7.16. The van der Waals surface area contributed by atoms with E-state index in [-0.39, 0.29) is 5.54 Å². The van der Waals surface area contributed by atoms with Gasteiger partial charge in [-0.25, -0.2) is 0 Å². The van der Waals surface area contributed by atoms with Crippen molar-refractivity contribution in [1.29, 1.82) is 0 Å². The average Bonchev–Trinajstić information content (AvgIpc) is 2.46. The highest BCUT2D eigenvalue weighted by atomic mass is 16.5. The summed E-state index contributed by atoms with van der Waals surface area (Å²) in [7, 11) is 3.89. The highest BCUT2D eigenvalue weighted by Gasteiger charge is 2.44. The van der Waals surface area contributed by atoms with Crippen molar-refractivity contribution in [2.24, 2.45) is 5.92 Å². The van der Waals surface area contributed by atoms with Gasteiger partial charge in [-0.05, 0) is 61.9 Å². The highest BCUT2D eigenvalue weighted by molar-refractivity contribution is 5.43. The third-order valence-corrected chi connectivity index (χ3v) is 5.08. The molecule has 1 saturated carbocycles. The molecule has 1 N–H and O–H groups in total. The molecule has 0 bridgehead atoms. The van der Waals surface area contributed by atoms with Crippen molar-refractivity contribution in [3.63, 3.8) is 0 Å². The second kappa shape index (κ2) is 4.58. The Kier molecular flexibility index (Phi) is 3.06. The van der Waals surface area contributed by atoms with Crippen LogP contribution in [0.15, 0.2) is 18.2 Å². The fraction of sp³-hybridized carbons (Fsp3) is 0.625. The molecule has 98 valence electrons. The molecule has 18 heavy (non-hydrogen) atoms. The summed E-state index contributed by atoms with van der Waals surface area (Å²) in [6.07, 6.45) is 7.95. The van der Waals surface area contributed by atoms with Crippen molar-refractivity contribution in [3.05, 3.63) is 29.3 Å². The van der Waals surface area contributed by atoms with Crippen LogP contribution < -0.4 is 10.1 Å². The van der Waals surface area contributed by atoms with Crippen molar-refractivity contribution in [2.75, 3.05) is 14.2 Å². The summed E-state index contributed by atoms with van der Waals surface area (Å²) in [4.78, 5) is 0. The minimum Gasteiger partial charge on any atom is -0.497 e. The van der Waals surface area contributed by atoms with Crippen LogP contribution in [0.2, 0.25) is 0 Å². The van der Waals surface area contributed by atoms with Gasteiger partial charge in [0, 0.05) is 5.54 Å². The molecule has 1 fully saturated rings. The molecule has 0 unspecified atom stereocenters. The van der Waals surface area contributed by atoms with E-state index in [0.717, 1.165) is 11.7 Å². The summed E-state index contributed by atoms with van der Waals surface area (Å²) in [5, 5.41) is 3.67. The van der Waals surface area contributed by atoms with Gasteiger partial charge in [0.1, 0.15) is 5.75 Å². The molecule has 2 heteroatoms. The van der Waals surface area contributed by atoms with E-state index >= 15 is 0 Å². The van der Waals surface area contributed by atoms with E-state index in [1.807, 2.05) is 0 Å². The number of hydrogen-bond acceptors (Lipinski definition) is 2. The molecule has 0 saturated heterocycles. The van der Waals surface area contributed by atoms with Crippen LogP contribution >= 0.6 is 0 Å². The monoisotopic (exact) mass is 245 g/mol. The first-order chi connectivity index (χ1) is 8.80. The van der Waals surface area contributed by atoms with Crippen molar-refractivity contribution >= 4 is 0 Å². The maximum atomic E-state index is 5.42. The van der Waals surface area contributed by atoms with Gasteiger partial charge >= 0.3 is 0 Å². The Morgan fingerprint density at radius 3 is 2.94 bits per heavy atom. The number of methoxy groups -OCH3 is 1. The minimum absolute atomic E-state index is 0.209. The van der Waals surface area contributed by atoms with E-state index in [4.69, 9.17) is 4.74 Å². The second-order valence-corrected chi connectivity index (χ2v) is 5.73. The zero-order chi connectivity index (χ0) is 12.6. The van der Waals surface area contributed by atoms with Crippen LogP contribution in [0, 0.1) is 5.92 Å². The number of rotatable bonds is 2. The largest absolute Gasteiger partial charge is 0.497 e.